The zero-order chi connectivity index (χ0) is 24.2. The van der Waals surface area contributed by atoms with Crippen molar-refractivity contribution in [2.75, 3.05) is 25.1 Å². The molecule has 1 aliphatic heterocycles. The highest BCUT2D eigenvalue weighted by atomic mass is 32.2. The lowest BCUT2D eigenvalue weighted by atomic mass is 9.99. The Kier molecular flexibility index (Phi) is 7.73. The number of urea groups is 1. The van der Waals surface area contributed by atoms with E-state index in [1.165, 1.54) is 0 Å². The average molecular weight is 475 g/mol. The van der Waals surface area contributed by atoms with Crippen molar-refractivity contribution < 1.29 is 18.5 Å². The van der Waals surface area contributed by atoms with Gasteiger partial charge in [0.1, 0.15) is 24.2 Å². The van der Waals surface area contributed by atoms with Crippen LogP contribution < -0.4 is 16.2 Å². The molecule has 0 fully saturated rings. The molecule has 0 bridgehead atoms. The molecule has 1 aliphatic carbocycles. The van der Waals surface area contributed by atoms with E-state index in [-0.39, 0.29) is 42.6 Å². The Hall–Kier alpha value is -2.94. The van der Waals surface area contributed by atoms with Crippen molar-refractivity contribution in [1.29, 1.82) is 0 Å². The first-order valence-corrected chi connectivity index (χ1v) is 12.3. The molecule has 2 heterocycles. The molecule has 5 N–H and O–H groups in total. The smallest absolute Gasteiger partial charge is 0.354 e. The minimum Gasteiger partial charge on any atom is -0.474 e. The third-order valence-electron chi connectivity index (χ3n) is 5.43. The predicted octanol–water partition coefficient (Wildman–Crippen LogP) is 2.12. The Morgan fingerprint density at radius 3 is 2.85 bits per heavy atom. The van der Waals surface area contributed by atoms with E-state index in [0.29, 0.717) is 5.69 Å². The summed E-state index contributed by atoms with van der Waals surface area (Å²) < 4.78 is 27.7. The Balaban J connectivity index is 1.85. The summed E-state index contributed by atoms with van der Waals surface area (Å²) in [4.78, 5) is 21.6. The number of amides is 2. The number of fused-ring (bicyclic) bond motifs is 1. The van der Waals surface area contributed by atoms with Crippen molar-refractivity contribution in [2.24, 2.45) is 20.2 Å². The Morgan fingerprint density at radius 2 is 2.24 bits per heavy atom. The molecule has 0 spiro atoms. The normalized spacial score (nSPS) is 19.7. The molecule has 3 rings (SSSR count). The van der Waals surface area contributed by atoms with Gasteiger partial charge in [-0.1, -0.05) is 19.8 Å². The molecule has 10 nitrogen and oxygen atoms in total. The van der Waals surface area contributed by atoms with Gasteiger partial charge in [0.2, 0.25) is 5.90 Å². The van der Waals surface area contributed by atoms with Crippen molar-refractivity contribution in [2.45, 2.75) is 52.1 Å². The first-order chi connectivity index (χ1) is 15.7. The van der Waals surface area contributed by atoms with Crippen LogP contribution in [0.25, 0.3) is 0 Å². The number of aliphatic imine (C=N–C) groups is 1. The van der Waals surface area contributed by atoms with Gasteiger partial charge in [0.25, 0.3) is 0 Å². The average Bonchev–Trinajstić information content (AvgIpc) is 3.23. The highest BCUT2D eigenvalue weighted by Crippen LogP contribution is 2.34. The number of nitrogens with one attached hydrogen (secondary N) is 1. The number of ether oxygens (including phenoxy) is 2. The number of carbonyl (C=O) groups excluding carboxylic acids is 1. The highest BCUT2D eigenvalue weighted by molar-refractivity contribution is 7.96. The predicted molar refractivity (Wildman–Crippen MR) is 128 cm³/mol. The van der Waals surface area contributed by atoms with Crippen LogP contribution in [0.4, 0.5) is 10.5 Å². The molecule has 11 heteroatoms. The number of anilines is 1. The quantitative estimate of drug-likeness (QED) is 0.537. The van der Waals surface area contributed by atoms with Crippen LogP contribution in [0.3, 0.4) is 0 Å². The van der Waals surface area contributed by atoms with Gasteiger partial charge >= 0.3 is 6.03 Å². The lowest BCUT2D eigenvalue weighted by Crippen LogP contribution is -2.34. The number of hydrogen-bond acceptors (Lipinski definition) is 7. The molecular formula is C22H30N6O4S. The third kappa shape index (κ3) is 5.52. The van der Waals surface area contributed by atoms with E-state index in [9.17, 15) is 9.00 Å². The maximum Gasteiger partial charge on any atom is 0.354 e. The number of carbonyl (C=O) groups is 1. The molecule has 178 valence electrons. The second kappa shape index (κ2) is 10.3. The van der Waals surface area contributed by atoms with Crippen LogP contribution in [0.5, 0.6) is 0 Å². The molecule has 0 radical (unpaired) electrons. The second-order valence-electron chi connectivity index (χ2n) is 8.15. The van der Waals surface area contributed by atoms with Gasteiger partial charge in [-0.25, -0.2) is 19.1 Å². The SMILES string of the molecule is C#CCOC1CN=C(/C(=C\N)S(N)(=O)=NC(=O)Nc2c(C)c(C(C)C)nc3c2CCC3)OC1. The number of nitrogens with zero attached hydrogens (tertiary/aromatic N) is 3. The monoisotopic (exact) mass is 474 g/mol. The van der Waals surface area contributed by atoms with Crippen molar-refractivity contribution in [1.82, 2.24) is 4.98 Å². The summed E-state index contributed by atoms with van der Waals surface area (Å²) in [5.41, 5.74) is 10.0. The van der Waals surface area contributed by atoms with Crippen LogP contribution >= 0.6 is 0 Å². The van der Waals surface area contributed by atoms with Crippen molar-refractivity contribution in [3.05, 3.63) is 33.6 Å². The Bertz CT molecular complexity index is 1160. The molecule has 2 atom stereocenters. The molecule has 1 aromatic rings. The number of aromatic nitrogens is 1. The lowest BCUT2D eigenvalue weighted by Gasteiger charge is -2.23. The zero-order valence-corrected chi connectivity index (χ0v) is 19.9. The molecule has 0 saturated carbocycles. The van der Waals surface area contributed by atoms with Gasteiger partial charge in [-0.2, -0.15) is 0 Å². The van der Waals surface area contributed by atoms with Crippen LogP contribution in [0.2, 0.25) is 0 Å². The molecule has 33 heavy (non-hydrogen) atoms. The number of rotatable bonds is 6. The van der Waals surface area contributed by atoms with Gasteiger partial charge in [0.15, 0.2) is 9.92 Å². The van der Waals surface area contributed by atoms with Crippen molar-refractivity contribution >= 4 is 27.5 Å². The largest absolute Gasteiger partial charge is 0.474 e. The van der Waals surface area contributed by atoms with Gasteiger partial charge < -0.3 is 20.5 Å². The van der Waals surface area contributed by atoms with E-state index >= 15 is 0 Å². The molecular weight excluding hydrogens is 444 g/mol. The highest BCUT2D eigenvalue weighted by Gasteiger charge is 2.27. The minimum atomic E-state index is -3.72. The zero-order valence-electron chi connectivity index (χ0n) is 19.1. The standard InChI is InChI=1S/C22H30N6O4S/c1-5-9-31-15-11-25-21(32-12-15)18(10-23)33(24,30)28-22(29)27-20-14(4)19(13(2)3)26-17-8-6-7-16(17)20/h1,10,13,15H,6-9,11-12,23H2,2-4H3,(H3,24,26,27,28,29,30)/b18-10+. The number of nitrogens with two attached hydrogens (primary N) is 2. The fourth-order valence-electron chi connectivity index (χ4n) is 3.90. The maximum absolute atomic E-state index is 13.1. The summed E-state index contributed by atoms with van der Waals surface area (Å²) in [6.07, 6.45) is 8.44. The van der Waals surface area contributed by atoms with Crippen LogP contribution in [-0.2, 0) is 32.2 Å². The number of aryl methyl sites for hydroxylation is 1. The van der Waals surface area contributed by atoms with E-state index in [2.05, 4.69) is 20.6 Å². The van der Waals surface area contributed by atoms with Crippen LogP contribution in [-0.4, -0.2) is 47.0 Å². The summed E-state index contributed by atoms with van der Waals surface area (Å²) in [5.74, 6) is 2.52. The van der Waals surface area contributed by atoms with Gasteiger partial charge in [-0.05, 0) is 43.2 Å². The fraction of sp³-hybridized carbons (Fsp3) is 0.500. The summed E-state index contributed by atoms with van der Waals surface area (Å²) in [6, 6.07) is -0.841. The first-order valence-electron chi connectivity index (χ1n) is 10.7. The summed E-state index contributed by atoms with van der Waals surface area (Å²) in [6.45, 7) is 6.47. The lowest BCUT2D eigenvalue weighted by molar-refractivity contribution is 0.0332. The Labute approximate surface area is 194 Å². The summed E-state index contributed by atoms with van der Waals surface area (Å²) in [5, 5.41) is 8.70. The van der Waals surface area contributed by atoms with Crippen LogP contribution in [0.1, 0.15) is 48.7 Å². The van der Waals surface area contributed by atoms with E-state index in [1.54, 1.807) is 0 Å². The Morgan fingerprint density at radius 1 is 1.48 bits per heavy atom. The fourth-order valence-corrected chi connectivity index (χ4v) is 4.86. The molecule has 0 aromatic carbocycles. The minimum absolute atomic E-state index is 0.0369. The maximum atomic E-state index is 13.1. The summed E-state index contributed by atoms with van der Waals surface area (Å²) >= 11 is 0. The number of hydrogen-bond donors (Lipinski definition) is 3. The molecule has 2 unspecified atom stereocenters. The van der Waals surface area contributed by atoms with Crippen LogP contribution in [0, 0.1) is 19.3 Å². The van der Waals surface area contributed by atoms with Crippen molar-refractivity contribution in [3.8, 4) is 12.3 Å². The van der Waals surface area contributed by atoms with Crippen LogP contribution in [0.15, 0.2) is 20.5 Å². The second-order valence-corrected chi connectivity index (χ2v) is 9.91. The van der Waals surface area contributed by atoms with Crippen molar-refractivity contribution in [3.63, 3.8) is 0 Å². The van der Waals surface area contributed by atoms with E-state index in [4.69, 9.17) is 31.8 Å². The number of pyridine rings is 1. The molecule has 2 amide bonds. The number of terminal acetylenes is 1. The summed E-state index contributed by atoms with van der Waals surface area (Å²) in [7, 11) is -3.72. The molecule has 1 aromatic heterocycles. The van der Waals surface area contributed by atoms with Gasteiger partial charge in [-0.15, -0.1) is 10.8 Å². The van der Waals surface area contributed by atoms with Gasteiger partial charge in [-0.3, -0.25) is 4.98 Å². The van der Waals surface area contributed by atoms with E-state index in [0.717, 1.165) is 48.0 Å². The van der Waals surface area contributed by atoms with Gasteiger partial charge in [0, 0.05) is 17.6 Å². The third-order valence-corrected chi connectivity index (χ3v) is 6.80. The first kappa shape index (κ1) is 24.7. The van der Waals surface area contributed by atoms with Gasteiger partial charge in [0.05, 0.1) is 12.2 Å². The van der Waals surface area contributed by atoms with E-state index in [1.807, 2.05) is 20.8 Å². The molecule has 0 saturated heterocycles. The molecule has 2 aliphatic rings. The topological polar surface area (TPSA) is 154 Å². The van der Waals surface area contributed by atoms with E-state index < -0.39 is 15.9 Å².